The van der Waals surface area contributed by atoms with Crippen LogP contribution in [0.15, 0.2) is 18.2 Å². The van der Waals surface area contributed by atoms with E-state index >= 15 is 0 Å². The number of hydrogen-bond acceptors (Lipinski definition) is 4. The molecule has 0 spiro atoms. The van der Waals surface area contributed by atoms with Crippen LogP contribution in [0, 0.1) is 17.2 Å². The molecule has 0 unspecified atom stereocenters. The molecule has 5 heteroatoms. The second kappa shape index (κ2) is 6.55. The van der Waals surface area contributed by atoms with Crippen LogP contribution in [0.3, 0.4) is 0 Å². The Kier molecular flexibility index (Phi) is 5.07. The molecule has 1 amide bonds. The molecule has 1 rings (SSSR count). The highest BCUT2D eigenvalue weighted by Gasteiger charge is 2.15. The van der Waals surface area contributed by atoms with Gasteiger partial charge in [0.2, 0.25) is 5.91 Å². The van der Waals surface area contributed by atoms with Crippen molar-refractivity contribution in [3.63, 3.8) is 0 Å². The minimum absolute atomic E-state index is 0.0489. The fourth-order valence-corrected chi connectivity index (χ4v) is 1.87. The lowest BCUT2D eigenvalue weighted by atomic mass is 10.1. The number of anilines is 1. The van der Waals surface area contributed by atoms with Gasteiger partial charge in [-0.2, -0.15) is 5.26 Å². The SMILES string of the molecule is CC(C)CN(CC(N)=O)c1ccc(C=O)cc1C#N. The molecule has 0 aliphatic rings. The van der Waals surface area contributed by atoms with Crippen LogP contribution in [-0.2, 0) is 4.79 Å². The second-order valence-electron chi connectivity index (χ2n) is 4.75. The van der Waals surface area contributed by atoms with E-state index in [4.69, 9.17) is 11.0 Å². The summed E-state index contributed by atoms with van der Waals surface area (Å²) in [5.74, 6) is -0.138. The molecular formula is C14H17N3O2. The third-order valence-electron chi connectivity index (χ3n) is 2.55. The molecule has 0 bridgehead atoms. The average molecular weight is 259 g/mol. The normalized spacial score (nSPS) is 10.0. The molecule has 0 atom stereocenters. The standard InChI is InChI=1S/C14H17N3O2/c1-10(2)7-17(8-14(16)19)13-4-3-11(9-18)5-12(13)6-15/h3-5,9-10H,7-8H2,1-2H3,(H2,16,19). The summed E-state index contributed by atoms with van der Waals surface area (Å²) < 4.78 is 0. The first-order chi connectivity index (χ1) is 8.97. The Bertz CT molecular complexity index is 518. The Hall–Kier alpha value is -2.35. The average Bonchev–Trinajstić information content (AvgIpc) is 2.36. The van der Waals surface area contributed by atoms with E-state index in [1.54, 1.807) is 17.0 Å². The van der Waals surface area contributed by atoms with Crippen molar-refractivity contribution in [2.75, 3.05) is 18.0 Å². The zero-order valence-corrected chi connectivity index (χ0v) is 11.1. The van der Waals surface area contributed by atoms with E-state index in [-0.39, 0.29) is 6.54 Å². The van der Waals surface area contributed by atoms with Gasteiger partial charge in [-0.05, 0) is 24.1 Å². The van der Waals surface area contributed by atoms with Crippen molar-refractivity contribution >= 4 is 17.9 Å². The quantitative estimate of drug-likeness (QED) is 0.780. The van der Waals surface area contributed by atoms with Gasteiger partial charge < -0.3 is 10.6 Å². The number of amides is 1. The van der Waals surface area contributed by atoms with E-state index in [1.807, 2.05) is 19.9 Å². The number of rotatable bonds is 6. The van der Waals surface area contributed by atoms with Gasteiger partial charge in [0.25, 0.3) is 0 Å². The number of nitrogens with zero attached hydrogens (tertiary/aromatic N) is 2. The first-order valence-corrected chi connectivity index (χ1v) is 6.00. The number of carbonyl (C=O) groups is 2. The van der Waals surface area contributed by atoms with E-state index in [1.165, 1.54) is 6.07 Å². The maximum absolute atomic E-state index is 11.1. The number of aldehydes is 1. The lowest BCUT2D eigenvalue weighted by Gasteiger charge is -2.26. The molecular weight excluding hydrogens is 242 g/mol. The fraction of sp³-hybridized carbons (Fsp3) is 0.357. The van der Waals surface area contributed by atoms with Crippen molar-refractivity contribution < 1.29 is 9.59 Å². The highest BCUT2D eigenvalue weighted by Crippen LogP contribution is 2.22. The lowest BCUT2D eigenvalue weighted by molar-refractivity contribution is -0.116. The molecule has 100 valence electrons. The Morgan fingerprint density at radius 2 is 2.21 bits per heavy atom. The number of hydrogen-bond donors (Lipinski definition) is 1. The largest absolute Gasteiger partial charge is 0.368 e. The van der Waals surface area contributed by atoms with Crippen molar-refractivity contribution in [1.29, 1.82) is 5.26 Å². The number of benzene rings is 1. The molecule has 1 aromatic rings. The van der Waals surface area contributed by atoms with Gasteiger partial charge in [0, 0.05) is 12.1 Å². The van der Waals surface area contributed by atoms with E-state index in [2.05, 4.69) is 0 Å². The van der Waals surface area contributed by atoms with Gasteiger partial charge in [0.15, 0.2) is 0 Å². The third kappa shape index (κ3) is 4.11. The summed E-state index contributed by atoms with van der Waals surface area (Å²) in [6.45, 7) is 4.69. The Labute approximate surface area is 112 Å². The Morgan fingerprint density at radius 3 is 2.68 bits per heavy atom. The van der Waals surface area contributed by atoms with Gasteiger partial charge >= 0.3 is 0 Å². The first kappa shape index (κ1) is 14.7. The van der Waals surface area contributed by atoms with Crippen molar-refractivity contribution in [2.24, 2.45) is 11.7 Å². The predicted octanol–water partition coefficient (Wildman–Crippen LogP) is 1.32. The lowest BCUT2D eigenvalue weighted by Crippen LogP contribution is -2.36. The van der Waals surface area contributed by atoms with Crippen LogP contribution < -0.4 is 10.6 Å². The minimum atomic E-state index is -0.455. The highest BCUT2D eigenvalue weighted by atomic mass is 16.1. The van der Waals surface area contributed by atoms with Crippen molar-refractivity contribution in [3.05, 3.63) is 29.3 Å². The summed E-state index contributed by atoms with van der Waals surface area (Å²) in [5, 5.41) is 9.15. The van der Waals surface area contributed by atoms with Crippen LogP contribution in [0.4, 0.5) is 5.69 Å². The summed E-state index contributed by atoms with van der Waals surface area (Å²) in [6, 6.07) is 6.85. The smallest absolute Gasteiger partial charge is 0.236 e. The van der Waals surface area contributed by atoms with Crippen LogP contribution in [-0.4, -0.2) is 25.3 Å². The van der Waals surface area contributed by atoms with Gasteiger partial charge in [-0.15, -0.1) is 0 Å². The molecule has 0 aromatic heterocycles. The number of carbonyl (C=O) groups excluding carboxylic acids is 2. The maximum atomic E-state index is 11.1. The number of nitrogens with two attached hydrogens (primary N) is 1. The fourth-order valence-electron chi connectivity index (χ4n) is 1.87. The molecule has 0 saturated heterocycles. The van der Waals surface area contributed by atoms with E-state index < -0.39 is 5.91 Å². The molecule has 0 saturated carbocycles. The van der Waals surface area contributed by atoms with E-state index in [9.17, 15) is 9.59 Å². The molecule has 2 N–H and O–H groups in total. The van der Waals surface area contributed by atoms with Gasteiger partial charge in [0.1, 0.15) is 12.4 Å². The van der Waals surface area contributed by atoms with Crippen LogP contribution in [0.1, 0.15) is 29.8 Å². The predicted molar refractivity (Wildman–Crippen MR) is 72.8 cm³/mol. The summed E-state index contributed by atoms with van der Waals surface area (Å²) in [5.41, 5.74) is 6.66. The molecule has 0 aliphatic heterocycles. The van der Waals surface area contributed by atoms with Gasteiger partial charge in [-0.1, -0.05) is 13.8 Å². The first-order valence-electron chi connectivity index (χ1n) is 6.00. The molecule has 0 fully saturated rings. The second-order valence-corrected chi connectivity index (χ2v) is 4.75. The van der Waals surface area contributed by atoms with Crippen molar-refractivity contribution in [2.45, 2.75) is 13.8 Å². The van der Waals surface area contributed by atoms with Gasteiger partial charge in [-0.3, -0.25) is 9.59 Å². The molecule has 19 heavy (non-hydrogen) atoms. The number of nitriles is 1. The summed E-state index contributed by atoms with van der Waals surface area (Å²) >= 11 is 0. The summed E-state index contributed by atoms with van der Waals surface area (Å²) in [7, 11) is 0. The van der Waals surface area contributed by atoms with Crippen LogP contribution in [0.5, 0.6) is 0 Å². The third-order valence-corrected chi connectivity index (χ3v) is 2.55. The Balaban J connectivity index is 3.17. The molecule has 1 aromatic carbocycles. The van der Waals surface area contributed by atoms with Crippen LogP contribution in [0.25, 0.3) is 0 Å². The van der Waals surface area contributed by atoms with Crippen LogP contribution >= 0.6 is 0 Å². The summed E-state index contributed by atoms with van der Waals surface area (Å²) in [4.78, 5) is 23.6. The minimum Gasteiger partial charge on any atom is -0.368 e. The maximum Gasteiger partial charge on any atom is 0.236 e. The molecule has 0 radical (unpaired) electrons. The van der Waals surface area contributed by atoms with Crippen molar-refractivity contribution in [3.8, 4) is 6.07 Å². The Morgan fingerprint density at radius 1 is 1.53 bits per heavy atom. The topological polar surface area (TPSA) is 87.2 Å². The van der Waals surface area contributed by atoms with Crippen molar-refractivity contribution in [1.82, 2.24) is 0 Å². The number of primary amides is 1. The van der Waals surface area contributed by atoms with Gasteiger partial charge in [0.05, 0.1) is 17.8 Å². The zero-order valence-electron chi connectivity index (χ0n) is 11.1. The van der Waals surface area contributed by atoms with E-state index in [0.29, 0.717) is 35.6 Å². The van der Waals surface area contributed by atoms with E-state index in [0.717, 1.165) is 0 Å². The summed E-state index contributed by atoms with van der Waals surface area (Å²) in [6.07, 6.45) is 0.686. The highest BCUT2D eigenvalue weighted by molar-refractivity contribution is 5.82. The molecule has 5 nitrogen and oxygen atoms in total. The zero-order chi connectivity index (χ0) is 14.4. The molecule has 0 heterocycles. The van der Waals surface area contributed by atoms with Gasteiger partial charge in [-0.25, -0.2) is 0 Å². The molecule has 0 aliphatic carbocycles. The monoisotopic (exact) mass is 259 g/mol. The van der Waals surface area contributed by atoms with Crippen LogP contribution in [0.2, 0.25) is 0 Å².